The van der Waals surface area contributed by atoms with Gasteiger partial charge in [0.1, 0.15) is 11.4 Å². The van der Waals surface area contributed by atoms with Crippen LogP contribution in [-0.2, 0) is 4.74 Å². The largest absolute Gasteiger partial charge is 0.497 e. The molecular formula is C23H23N5O3S. The molecule has 4 aromatic rings. The number of nitrogens with zero attached hydrogens (tertiary/aromatic N) is 5. The summed E-state index contributed by atoms with van der Waals surface area (Å²) in [6.07, 6.45) is 1.54. The van der Waals surface area contributed by atoms with E-state index in [1.807, 2.05) is 42.5 Å². The SMILES string of the molecule is COc1ccc2sc(N(CCN3CCOCC3)C(=O)c3cnc4ccccc4n3)nc2c1. The maximum atomic E-state index is 13.6. The number of hydrogen-bond donors (Lipinski definition) is 0. The monoisotopic (exact) mass is 449 g/mol. The summed E-state index contributed by atoms with van der Waals surface area (Å²) in [6.45, 7) is 4.37. The molecule has 0 atom stereocenters. The fraction of sp³-hybridized carbons (Fsp3) is 0.304. The van der Waals surface area contributed by atoms with Crippen molar-refractivity contribution in [2.45, 2.75) is 0 Å². The fourth-order valence-electron chi connectivity index (χ4n) is 3.69. The molecule has 1 amide bonds. The van der Waals surface area contributed by atoms with Gasteiger partial charge in [-0.05, 0) is 24.3 Å². The highest BCUT2D eigenvalue weighted by Crippen LogP contribution is 2.32. The topological polar surface area (TPSA) is 80.7 Å². The standard InChI is InChI=1S/C23H23N5O3S/c1-30-16-6-7-21-19(14-16)26-23(32-21)28(9-8-27-10-12-31-13-11-27)22(29)20-15-24-17-4-2-3-5-18(17)25-20/h2-7,14-15H,8-13H2,1H3. The average molecular weight is 450 g/mol. The van der Waals surface area contributed by atoms with Gasteiger partial charge < -0.3 is 9.47 Å². The summed E-state index contributed by atoms with van der Waals surface area (Å²) in [4.78, 5) is 31.3. The Labute approximate surface area is 189 Å². The Bertz CT molecular complexity index is 1250. The van der Waals surface area contributed by atoms with Gasteiger partial charge in [-0.3, -0.25) is 19.6 Å². The van der Waals surface area contributed by atoms with Crippen LogP contribution >= 0.6 is 11.3 Å². The number of anilines is 1. The zero-order valence-electron chi connectivity index (χ0n) is 17.7. The van der Waals surface area contributed by atoms with E-state index in [0.717, 1.165) is 41.1 Å². The van der Waals surface area contributed by atoms with Crippen molar-refractivity contribution in [3.05, 3.63) is 54.4 Å². The van der Waals surface area contributed by atoms with Crippen LogP contribution in [0.4, 0.5) is 5.13 Å². The molecule has 9 heteroatoms. The van der Waals surface area contributed by atoms with Gasteiger partial charge in [0.15, 0.2) is 5.13 Å². The summed E-state index contributed by atoms with van der Waals surface area (Å²) in [5.74, 6) is 0.531. The molecule has 0 saturated carbocycles. The van der Waals surface area contributed by atoms with E-state index < -0.39 is 0 Å². The molecular weight excluding hydrogens is 426 g/mol. The number of carbonyl (C=O) groups excluding carboxylic acids is 1. The predicted octanol–water partition coefficient (Wildman–Crippen LogP) is 3.23. The minimum absolute atomic E-state index is 0.206. The Morgan fingerprint density at radius 2 is 1.94 bits per heavy atom. The van der Waals surface area contributed by atoms with Gasteiger partial charge in [-0.1, -0.05) is 23.5 Å². The van der Waals surface area contributed by atoms with Gasteiger partial charge in [-0.15, -0.1) is 0 Å². The van der Waals surface area contributed by atoms with Crippen LogP contribution in [0.25, 0.3) is 21.3 Å². The van der Waals surface area contributed by atoms with Crippen molar-refractivity contribution in [3.63, 3.8) is 0 Å². The molecule has 0 radical (unpaired) electrons. The normalized spacial score (nSPS) is 14.7. The molecule has 0 aliphatic carbocycles. The molecule has 2 aromatic carbocycles. The van der Waals surface area contributed by atoms with Crippen LogP contribution in [0.1, 0.15) is 10.5 Å². The molecule has 8 nitrogen and oxygen atoms in total. The molecule has 0 N–H and O–H groups in total. The second-order valence-corrected chi connectivity index (χ2v) is 8.49. The van der Waals surface area contributed by atoms with Gasteiger partial charge in [0.25, 0.3) is 5.91 Å². The molecule has 1 fully saturated rings. The van der Waals surface area contributed by atoms with Gasteiger partial charge in [0.2, 0.25) is 0 Å². The minimum Gasteiger partial charge on any atom is -0.497 e. The Hall–Kier alpha value is -3.14. The third kappa shape index (κ3) is 4.27. The van der Waals surface area contributed by atoms with E-state index in [-0.39, 0.29) is 5.91 Å². The number of benzene rings is 2. The lowest BCUT2D eigenvalue weighted by Crippen LogP contribution is -2.43. The molecule has 32 heavy (non-hydrogen) atoms. The van der Waals surface area contributed by atoms with Gasteiger partial charge in [0.05, 0.1) is 47.8 Å². The molecule has 0 spiro atoms. The number of methoxy groups -OCH3 is 1. The first-order valence-corrected chi connectivity index (χ1v) is 11.3. The van der Waals surface area contributed by atoms with Crippen LogP contribution in [0.2, 0.25) is 0 Å². The molecule has 1 saturated heterocycles. The molecule has 3 heterocycles. The maximum Gasteiger partial charge on any atom is 0.280 e. The lowest BCUT2D eigenvalue weighted by molar-refractivity contribution is 0.0391. The first-order valence-electron chi connectivity index (χ1n) is 10.5. The number of amides is 1. The van der Waals surface area contributed by atoms with Crippen LogP contribution < -0.4 is 9.64 Å². The van der Waals surface area contributed by atoms with Crippen molar-refractivity contribution in [3.8, 4) is 5.75 Å². The van der Waals surface area contributed by atoms with Gasteiger partial charge in [0, 0.05) is 32.2 Å². The summed E-state index contributed by atoms with van der Waals surface area (Å²) < 4.78 is 11.8. The Morgan fingerprint density at radius 3 is 2.75 bits per heavy atom. The van der Waals surface area contributed by atoms with Crippen LogP contribution in [0.3, 0.4) is 0 Å². The van der Waals surface area contributed by atoms with Crippen molar-refractivity contribution in [1.82, 2.24) is 19.9 Å². The Kier molecular flexibility index (Phi) is 5.93. The van der Waals surface area contributed by atoms with E-state index in [2.05, 4.69) is 14.9 Å². The third-order valence-corrected chi connectivity index (χ3v) is 6.53. The molecule has 5 rings (SSSR count). The number of fused-ring (bicyclic) bond motifs is 2. The Morgan fingerprint density at radius 1 is 1.12 bits per heavy atom. The second kappa shape index (κ2) is 9.15. The van der Waals surface area contributed by atoms with Gasteiger partial charge >= 0.3 is 0 Å². The maximum absolute atomic E-state index is 13.6. The van der Waals surface area contributed by atoms with Gasteiger partial charge in [-0.2, -0.15) is 0 Å². The summed E-state index contributed by atoms with van der Waals surface area (Å²) in [7, 11) is 1.63. The summed E-state index contributed by atoms with van der Waals surface area (Å²) in [5, 5.41) is 0.640. The Balaban J connectivity index is 1.48. The van der Waals surface area contributed by atoms with E-state index in [4.69, 9.17) is 14.5 Å². The van der Waals surface area contributed by atoms with Crippen LogP contribution in [0.5, 0.6) is 5.75 Å². The van der Waals surface area contributed by atoms with Crippen molar-refractivity contribution < 1.29 is 14.3 Å². The summed E-state index contributed by atoms with van der Waals surface area (Å²) >= 11 is 1.48. The number of aromatic nitrogens is 3. The molecule has 0 bridgehead atoms. The number of rotatable bonds is 6. The van der Waals surface area contributed by atoms with E-state index in [1.165, 1.54) is 11.3 Å². The van der Waals surface area contributed by atoms with Crippen molar-refractivity contribution >= 4 is 43.6 Å². The lowest BCUT2D eigenvalue weighted by Gasteiger charge is -2.29. The predicted molar refractivity (Wildman–Crippen MR) is 125 cm³/mol. The minimum atomic E-state index is -0.206. The lowest BCUT2D eigenvalue weighted by atomic mass is 10.3. The van der Waals surface area contributed by atoms with Crippen molar-refractivity contribution in [2.24, 2.45) is 0 Å². The average Bonchev–Trinajstić information content (AvgIpc) is 3.27. The highest BCUT2D eigenvalue weighted by atomic mass is 32.1. The van der Waals surface area contributed by atoms with E-state index in [9.17, 15) is 4.79 Å². The summed E-state index contributed by atoms with van der Waals surface area (Å²) in [6, 6.07) is 13.3. The number of para-hydroxylation sites is 2. The van der Waals surface area contributed by atoms with E-state index >= 15 is 0 Å². The zero-order valence-corrected chi connectivity index (χ0v) is 18.5. The third-order valence-electron chi connectivity index (χ3n) is 5.47. The first-order chi connectivity index (χ1) is 15.7. The number of ether oxygens (including phenoxy) is 2. The van der Waals surface area contributed by atoms with E-state index in [0.29, 0.717) is 36.1 Å². The fourth-order valence-corrected chi connectivity index (χ4v) is 4.66. The highest BCUT2D eigenvalue weighted by molar-refractivity contribution is 7.22. The zero-order chi connectivity index (χ0) is 21.9. The van der Waals surface area contributed by atoms with Crippen molar-refractivity contribution in [1.29, 1.82) is 0 Å². The number of carbonyl (C=O) groups is 1. The molecule has 0 unspecified atom stereocenters. The molecule has 1 aliphatic heterocycles. The molecule has 164 valence electrons. The first kappa shape index (κ1) is 20.7. The van der Waals surface area contributed by atoms with Crippen LogP contribution in [0, 0.1) is 0 Å². The van der Waals surface area contributed by atoms with Gasteiger partial charge in [-0.25, -0.2) is 9.97 Å². The van der Waals surface area contributed by atoms with E-state index in [1.54, 1.807) is 18.2 Å². The quantitative estimate of drug-likeness (QED) is 0.447. The molecule has 1 aliphatic rings. The number of hydrogen-bond acceptors (Lipinski definition) is 8. The van der Waals surface area contributed by atoms with Crippen molar-refractivity contribution in [2.75, 3.05) is 51.4 Å². The smallest absolute Gasteiger partial charge is 0.280 e. The number of morpholine rings is 1. The highest BCUT2D eigenvalue weighted by Gasteiger charge is 2.24. The molecule has 2 aromatic heterocycles. The second-order valence-electron chi connectivity index (χ2n) is 7.48. The summed E-state index contributed by atoms with van der Waals surface area (Å²) in [5.41, 5.74) is 2.57. The van der Waals surface area contributed by atoms with Crippen LogP contribution in [-0.4, -0.2) is 72.3 Å². The number of thiazole rings is 1. The van der Waals surface area contributed by atoms with Crippen LogP contribution in [0.15, 0.2) is 48.7 Å².